The molecule has 0 aliphatic rings. The minimum Gasteiger partial charge on any atom is -0.495 e. The molecule has 0 aliphatic heterocycles. The minimum absolute atomic E-state index is 0.104. The van der Waals surface area contributed by atoms with Crippen LogP contribution in [0.5, 0.6) is 5.75 Å². The SMILES string of the molecule is COc1ccc(C(=O)COC(=O)c2ccc(Cl)cc2[N+](=O)[O-])cc1Cl. The van der Waals surface area contributed by atoms with Crippen LogP contribution in [-0.4, -0.2) is 30.4 Å². The summed E-state index contributed by atoms with van der Waals surface area (Å²) in [6.45, 7) is -0.596. The summed E-state index contributed by atoms with van der Waals surface area (Å²) in [5, 5.41) is 11.3. The second-order valence-electron chi connectivity index (χ2n) is 4.77. The Hall–Kier alpha value is -2.64. The van der Waals surface area contributed by atoms with Gasteiger partial charge in [0.25, 0.3) is 5.69 Å². The van der Waals surface area contributed by atoms with E-state index in [4.69, 9.17) is 32.7 Å². The second-order valence-corrected chi connectivity index (χ2v) is 5.61. The Bertz CT molecular complexity index is 853. The largest absolute Gasteiger partial charge is 0.495 e. The first kappa shape index (κ1) is 18.7. The molecule has 9 heteroatoms. The van der Waals surface area contributed by atoms with Crippen molar-refractivity contribution in [3.8, 4) is 5.75 Å². The Balaban J connectivity index is 2.11. The Morgan fingerprint density at radius 2 is 1.88 bits per heavy atom. The van der Waals surface area contributed by atoms with Crippen molar-refractivity contribution in [2.24, 2.45) is 0 Å². The number of Topliss-reactive ketones (excluding diaryl/α,β-unsaturated/α-hetero) is 1. The van der Waals surface area contributed by atoms with Crippen molar-refractivity contribution in [3.05, 3.63) is 67.7 Å². The number of ketones is 1. The van der Waals surface area contributed by atoms with Gasteiger partial charge in [-0.1, -0.05) is 23.2 Å². The van der Waals surface area contributed by atoms with E-state index < -0.39 is 29.0 Å². The smallest absolute Gasteiger partial charge is 0.345 e. The summed E-state index contributed by atoms with van der Waals surface area (Å²) in [6, 6.07) is 7.85. The van der Waals surface area contributed by atoms with E-state index in [9.17, 15) is 19.7 Å². The van der Waals surface area contributed by atoms with Crippen molar-refractivity contribution in [1.29, 1.82) is 0 Å². The van der Waals surface area contributed by atoms with Gasteiger partial charge in [0.1, 0.15) is 11.3 Å². The van der Waals surface area contributed by atoms with Crippen molar-refractivity contribution < 1.29 is 24.0 Å². The summed E-state index contributed by atoms with van der Waals surface area (Å²) >= 11 is 11.6. The average Bonchev–Trinajstić information content (AvgIpc) is 2.59. The summed E-state index contributed by atoms with van der Waals surface area (Å²) in [6.07, 6.45) is 0. The summed E-state index contributed by atoms with van der Waals surface area (Å²) in [5.74, 6) is -1.13. The van der Waals surface area contributed by atoms with E-state index in [0.717, 1.165) is 12.1 Å². The van der Waals surface area contributed by atoms with E-state index in [-0.39, 0.29) is 21.2 Å². The summed E-state index contributed by atoms with van der Waals surface area (Å²) in [5.41, 5.74) is -0.586. The number of methoxy groups -OCH3 is 1. The van der Waals surface area contributed by atoms with Crippen LogP contribution in [-0.2, 0) is 4.74 Å². The van der Waals surface area contributed by atoms with Gasteiger partial charge in [0, 0.05) is 16.7 Å². The molecule has 0 bridgehead atoms. The number of nitro groups is 1. The Kier molecular flexibility index (Phi) is 5.95. The number of nitro benzene ring substituents is 1. The molecular weight excluding hydrogens is 373 g/mol. The second kappa shape index (κ2) is 7.96. The van der Waals surface area contributed by atoms with E-state index in [0.29, 0.717) is 5.75 Å². The van der Waals surface area contributed by atoms with Crippen molar-refractivity contribution >= 4 is 40.6 Å². The summed E-state index contributed by atoms with van der Waals surface area (Å²) in [4.78, 5) is 34.3. The number of hydrogen-bond acceptors (Lipinski definition) is 6. The highest BCUT2D eigenvalue weighted by molar-refractivity contribution is 6.32. The number of halogens is 2. The molecule has 0 radical (unpaired) electrons. The predicted octanol–water partition coefficient (Wildman–Crippen LogP) is 3.95. The topological polar surface area (TPSA) is 95.7 Å². The van der Waals surface area contributed by atoms with Crippen LogP contribution in [0.3, 0.4) is 0 Å². The first-order chi connectivity index (χ1) is 11.8. The van der Waals surface area contributed by atoms with Crippen LogP contribution < -0.4 is 4.74 Å². The monoisotopic (exact) mass is 383 g/mol. The lowest BCUT2D eigenvalue weighted by Crippen LogP contribution is -2.15. The van der Waals surface area contributed by atoms with Crippen LogP contribution in [0.15, 0.2) is 36.4 Å². The number of rotatable bonds is 6. The lowest BCUT2D eigenvalue weighted by molar-refractivity contribution is -0.385. The van der Waals surface area contributed by atoms with Gasteiger partial charge in [0.2, 0.25) is 0 Å². The number of carbonyl (C=O) groups excluding carboxylic acids is 2. The van der Waals surface area contributed by atoms with Crippen molar-refractivity contribution in [1.82, 2.24) is 0 Å². The molecule has 0 heterocycles. The number of ether oxygens (including phenoxy) is 2. The molecule has 2 aromatic rings. The molecule has 7 nitrogen and oxygen atoms in total. The van der Waals surface area contributed by atoms with Gasteiger partial charge in [0.15, 0.2) is 12.4 Å². The molecule has 0 spiro atoms. The van der Waals surface area contributed by atoms with Gasteiger partial charge in [0.05, 0.1) is 17.1 Å². The van der Waals surface area contributed by atoms with Gasteiger partial charge in [-0.05, 0) is 30.3 Å². The van der Waals surface area contributed by atoms with Gasteiger partial charge in [-0.3, -0.25) is 14.9 Å². The Labute approximate surface area is 152 Å². The zero-order valence-corrected chi connectivity index (χ0v) is 14.3. The lowest BCUT2D eigenvalue weighted by atomic mass is 10.1. The van der Waals surface area contributed by atoms with Gasteiger partial charge >= 0.3 is 5.97 Å². The molecule has 2 aromatic carbocycles. The molecule has 0 atom stereocenters. The van der Waals surface area contributed by atoms with Gasteiger partial charge in [-0.2, -0.15) is 0 Å². The number of carbonyl (C=O) groups is 2. The third-order valence-electron chi connectivity index (χ3n) is 3.18. The fraction of sp³-hybridized carbons (Fsp3) is 0.125. The van der Waals surface area contributed by atoms with Gasteiger partial charge < -0.3 is 9.47 Å². The van der Waals surface area contributed by atoms with Crippen LogP contribution in [0, 0.1) is 10.1 Å². The van der Waals surface area contributed by atoms with Crippen molar-refractivity contribution in [3.63, 3.8) is 0 Å². The van der Waals surface area contributed by atoms with E-state index in [1.165, 1.54) is 31.4 Å². The first-order valence-electron chi connectivity index (χ1n) is 6.81. The first-order valence-corrected chi connectivity index (χ1v) is 7.57. The van der Waals surface area contributed by atoms with Crippen molar-refractivity contribution in [2.75, 3.05) is 13.7 Å². The quantitative estimate of drug-likeness (QED) is 0.324. The summed E-state index contributed by atoms with van der Waals surface area (Å²) in [7, 11) is 1.43. The molecule has 0 amide bonds. The lowest BCUT2D eigenvalue weighted by Gasteiger charge is -2.07. The molecular formula is C16H11Cl2NO6. The predicted molar refractivity (Wildman–Crippen MR) is 90.7 cm³/mol. The van der Waals surface area contributed by atoms with E-state index in [1.54, 1.807) is 0 Å². The van der Waals surface area contributed by atoms with Crippen LogP contribution in [0.4, 0.5) is 5.69 Å². The maximum atomic E-state index is 12.1. The van der Waals surface area contributed by atoms with Crippen LogP contribution in [0.1, 0.15) is 20.7 Å². The summed E-state index contributed by atoms with van der Waals surface area (Å²) < 4.78 is 9.84. The fourth-order valence-corrected chi connectivity index (χ4v) is 2.38. The molecule has 130 valence electrons. The molecule has 0 unspecified atom stereocenters. The van der Waals surface area contributed by atoms with Crippen LogP contribution in [0.2, 0.25) is 10.0 Å². The highest BCUT2D eigenvalue weighted by Gasteiger charge is 2.23. The highest BCUT2D eigenvalue weighted by Crippen LogP contribution is 2.26. The normalized spacial score (nSPS) is 10.2. The van der Waals surface area contributed by atoms with Crippen molar-refractivity contribution in [2.45, 2.75) is 0 Å². The Morgan fingerprint density at radius 3 is 2.48 bits per heavy atom. The van der Waals surface area contributed by atoms with Crippen LogP contribution in [0.25, 0.3) is 0 Å². The molecule has 0 fully saturated rings. The number of benzene rings is 2. The van der Waals surface area contributed by atoms with Gasteiger partial charge in [-0.15, -0.1) is 0 Å². The molecule has 0 saturated heterocycles. The van der Waals surface area contributed by atoms with E-state index in [1.807, 2.05) is 0 Å². The van der Waals surface area contributed by atoms with E-state index in [2.05, 4.69) is 0 Å². The number of esters is 1. The Morgan fingerprint density at radius 1 is 1.16 bits per heavy atom. The van der Waals surface area contributed by atoms with E-state index >= 15 is 0 Å². The highest BCUT2D eigenvalue weighted by atomic mass is 35.5. The van der Waals surface area contributed by atoms with Gasteiger partial charge in [-0.25, -0.2) is 4.79 Å². The molecule has 0 N–H and O–H groups in total. The molecule has 0 aromatic heterocycles. The maximum absolute atomic E-state index is 12.1. The number of nitrogens with zero attached hydrogens (tertiary/aromatic N) is 1. The maximum Gasteiger partial charge on any atom is 0.345 e. The molecule has 0 saturated carbocycles. The zero-order chi connectivity index (χ0) is 18.6. The molecule has 2 rings (SSSR count). The number of hydrogen-bond donors (Lipinski definition) is 0. The fourth-order valence-electron chi connectivity index (χ4n) is 1.96. The third kappa shape index (κ3) is 4.46. The molecule has 0 aliphatic carbocycles. The average molecular weight is 384 g/mol. The minimum atomic E-state index is -1.00. The molecule has 25 heavy (non-hydrogen) atoms. The zero-order valence-electron chi connectivity index (χ0n) is 12.8. The standard InChI is InChI=1S/C16H11Cl2NO6/c1-24-15-5-2-9(6-12(15)18)14(20)8-25-16(21)11-4-3-10(17)7-13(11)19(22)23/h2-7H,8H2,1H3. The third-order valence-corrected chi connectivity index (χ3v) is 3.71. The van der Waals surface area contributed by atoms with Crippen LogP contribution >= 0.6 is 23.2 Å².